The number of halogens is 1. The number of alkyl halides is 1. The predicted molar refractivity (Wildman–Crippen MR) is 66.8 cm³/mol. The summed E-state index contributed by atoms with van der Waals surface area (Å²) in [6.45, 7) is 0. The zero-order valence-electron chi connectivity index (χ0n) is 9.06. The second-order valence-electron chi connectivity index (χ2n) is 3.48. The van der Waals surface area contributed by atoms with Crippen molar-refractivity contribution >= 4 is 21.6 Å². The first kappa shape index (κ1) is 13.3. The third-order valence-corrected chi connectivity index (χ3v) is 2.84. The molecule has 4 N–H and O–H groups in total. The molecule has 0 fully saturated rings. The molecule has 0 amide bonds. The maximum atomic E-state index is 9.87. The highest BCUT2D eigenvalue weighted by molar-refractivity contribution is 9.09. The molecule has 0 saturated carbocycles. The molecular weight excluding hydrogens is 274 g/mol. The average Bonchev–Trinajstić information content (AvgIpc) is 2.28. The second-order valence-corrected chi connectivity index (χ2v) is 4.28. The van der Waals surface area contributed by atoms with Gasteiger partial charge in [-0.3, -0.25) is 0 Å². The number of hydrogen-bond acceptors (Lipinski definition) is 4. The van der Waals surface area contributed by atoms with Gasteiger partial charge in [-0.25, -0.2) is 0 Å². The standard InChI is InChI=1S/C11H16BrNO3/c1-16-7-2-3-8(9(13)6-7)11(15)10(14)4-5-12/h2-3,6,10-11,14-15H,4-5,13H2,1H3. The van der Waals surface area contributed by atoms with E-state index in [2.05, 4.69) is 15.9 Å². The van der Waals surface area contributed by atoms with E-state index in [1.54, 1.807) is 25.3 Å². The molecule has 90 valence electrons. The molecule has 0 aromatic heterocycles. The van der Waals surface area contributed by atoms with Gasteiger partial charge in [-0.05, 0) is 12.5 Å². The number of benzene rings is 1. The number of nitrogens with two attached hydrogens (primary N) is 1. The van der Waals surface area contributed by atoms with Crippen molar-refractivity contribution in [1.29, 1.82) is 0 Å². The molecule has 0 aliphatic carbocycles. The molecule has 0 bridgehead atoms. The van der Waals surface area contributed by atoms with Crippen molar-refractivity contribution in [3.05, 3.63) is 23.8 Å². The molecule has 0 saturated heterocycles. The topological polar surface area (TPSA) is 75.7 Å². The highest BCUT2D eigenvalue weighted by atomic mass is 79.9. The van der Waals surface area contributed by atoms with Gasteiger partial charge in [-0.2, -0.15) is 0 Å². The molecule has 5 heteroatoms. The summed E-state index contributed by atoms with van der Waals surface area (Å²) in [5.74, 6) is 0.628. The van der Waals surface area contributed by atoms with Crippen LogP contribution in [0.15, 0.2) is 18.2 Å². The Kier molecular flexibility index (Phi) is 5.05. The fraction of sp³-hybridized carbons (Fsp3) is 0.455. The first-order chi connectivity index (χ1) is 7.60. The molecule has 4 nitrogen and oxygen atoms in total. The lowest BCUT2D eigenvalue weighted by molar-refractivity contribution is 0.0178. The van der Waals surface area contributed by atoms with E-state index >= 15 is 0 Å². The van der Waals surface area contributed by atoms with Crippen molar-refractivity contribution in [2.75, 3.05) is 18.2 Å². The molecule has 2 atom stereocenters. The number of ether oxygens (including phenoxy) is 1. The second kappa shape index (κ2) is 6.08. The summed E-state index contributed by atoms with van der Waals surface area (Å²) in [5.41, 5.74) is 6.71. The predicted octanol–water partition coefficient (Wildman–Crippen LogP) is 1.46. The van der Waals surface area contributed by atoms with Crippen LogP contribution in [-0.2, 0) is 0 Å². The smallest absolute Gasteiger partial charge is 0.120 e. The monoisotopic (exact) mass is 289 g/mol. The number of methoxy groups -OCH3 is 1. The number of aliphatic hydroxyl groups is 2. The molecule has 1 aromatic carbocycles. The highest BCUT2D eigenvalue weighted by Crippen LogP contribution is 2.28. The lowest BCUT2D eigenvalue weighted by atomic mass is 10.0. The van der Waals surface area contributed by atoms with Gasteiger partial charge in [0.2, 0.25) is 0 Å². The Bertz CT molecular complexity index is 346. The third kappa shape index (κ3) is 3.10. The van der Waals surface area contributed by atoms with Crippen LogP contribution >= 0.6 is 15.9 Å². The highest BCUT2D eigenvalue weighted by Gasteiger charge is 2.19. The van der Waals surface area contributed by atoms with Crippen LogP contribution in [0.3, 0.4) is 0 Å². The summed E-state index contributed by atoms with van der Waals surface area (Å²) in [7, 11) is 1.55. The summed E-state index contributed by atoms with van der Waals surface area (Å²) < 4.78 is 5.01. The van der Waals surface area contributed by atoms with E-state index in [9.17, 15) is 10.2 Å². The molecule has 1 aromatic rings. The van der Waals surface area contributed by atoms with Gasteiger partial charge >= 0.3 is 0 Å². The number of hydrogen-bond donors (Lipinski definition) is 3. The van der Waals surface area contributed by atoms with Crippen molar-refractivity contribution in [3.63, 3.8) is 0 Å². The fourth-order valence-corrected chi connectivity index (χ4v) is 1.90. The van der Waals surface area contributed by atoms with Crippen molar-refractivity contribution < 1.29 is 14.9 Å². The van der Waals surface area contributed by atoms with Gasteiger partial charge in [0.1, 0.15) is 11.9 Å². The normalized spacial score (nSPS) is 14.5. The lowest BCUT2D eigenvalue weighted by Gasteiger charge is -2.19. The van der Waals surface area contributed by atoms with Gasteiger partial charge in [0.15, 0.2) is 0 Å². The van der Waals surface area contributed by atoms with E-state index in [4.69, 9.17) is 10.5 Å². The Hall–Kier alpha value is -0.780. The van der Waals surface area contributed by atoms with Crippen molar-refractivity contribution in [1.82, 2.24) is 0 Å². The van der Waals surface area contributed by atoms with Crippen molar-refractivity contribution in [2.45, 2.75) is 18.6 Å². The maximum absolute atomic E-state index is 9.87. The summed E-state index contributed by atoms with van der Waals surface area (Å²) in [6.07, 6.45) is -1.33. The number of aliphatic hydroxyl groups excluding tert-OH is 2. The van der Waals surface area contributed by atoms with E-state index in [1.165, 1.54) is 0 Å². The van der Waals surface area contributed by atoms with Crippen LogP contribution in [0.25, 0.3) is 0 Å². The van der Waals surface area contributed by atoms with Gasteiger partial charge in [0, 0.05) is 22.6 Å². The minimum absolute atomic E-state index is 0.417. The first-order valence-electron chi connectivity index (χ1n) is 4.95. The van der Waals surface area contributed by atoms with E-state index in [0.29, 0.717) is 28.8 Å². The minimum atomic E-state index is -0.969. The quantitative estimate of drug-likeness (QED) is 0.567. The molecule has 0 aliphatic rings. The molecule has 1 rings (SSSR count). The van der Waals surface area contributed by atoms with Crippen LogP contribution in [-0.4, -0.2) is 28.8 Å². The number of rotatable bonds is 5. The van der Waals surface area contributed by atoms with Crippen LogP contribution in [0.1, 0.15) is 18.1 Å². The van der Waals surface area contributed by atoms with E-state index in [-0.39, 0.29) is 0 Å². The summed E-state index contributed by atoms with van der Waals surface area (Å²) in [6, 6.07) is 4.99. The molecule has 0 aliphatic heterocycles. The van der Waals surface area contributed by atoms with Gasteiger partial charge in [-0.15, -0.1) is 0 Å². The summed E-state index contributed by atoms with van der Waals surface area (Å²) >= 11 is 3.21. The Morgan fingerprint density at radius 3 is 2.62 bits per heavy atom. The molecule has 16 heavy (non-hydrogen) atoms. The van der Waals surface area contributed by atoms with Gasteiger partial charge in [0.25, 0.3) is 0 Å². The summed E-state index contributed by atoms with van der Waals surface area (Å²) in [4.78, 5) is 0. The van der Waals surface area contributed by atoms with Gasteiger partial charge < -0.3 is 20.7 Å². The van der Waals surface area contributed by atoms with Gasteiger partial charge in [0.05, 0.1) is 13.2 Å². The van der Waals surface area contributed by atoms with Crippen molar-refractivity contribution in [3.8, 4) is 5.75 Å². The maximum Gasteiger partial charge on any atom is 0.120 e. The Morgan fingerprint density at radius 1 is 1.44 bits per heavy atom. The van der Waals surface area contributed by atoms with Crippen LogP contribution in [0.2, 0.25) is 0 Å². The Labute approximate surface area is 103 Å². The zero-order chi connectivity index (χ0) is 12.1. The Morgan fingerprint density at radius 2 is 2.12 bits per heavy atom. The molecular formula is C11H16BrNO3. The van der Waals surface area contributed by atoms with Crippen LogP contribution in [0.4, 0.5) is 5.69 Å². The van der Waals surface area contributed by atoms with Gasteiger partial charge in [-0.1, -0.05) is 22.0 Å². The van der Waals surface area contributed by atoms with Crippen LogP contribution in [0.5, 0.6) is 5.75 Å². The first-order valence-corrected chi connectivity index (χ1v) is 6.07. The van der Waals surface area contributed by atoms with E-state index in [0.717, 1.165) is 0 Å². The Balaban J connectivity index is 2.87. The van der Waals surface area contributed by atoms with Crippen molar-refractivity contribution in [2.24, 2.45) is 0 Å². The third-order valence-electron chi connectivity index (χ3n) is 2.38. The molecule has 0 heterocycles. The average molecular weight is 290 g/mol. The number of nitrogen functional groups attached to an aromatic ring is 1. The zero-order valence-corrected chi connectivity index (χ0v) is 10.6. The lowest BCUT2D eigenvalue weighted by Crippen LogP contribution is -2.19. The van der Waals surface area contributed by atoms with Crippen LogP contribution < -0.4 is 10.5 Å². The van der Waals surface area contributed by atoms with E-state index in [1.807, 2.05) is 0 Å². The molecule has 0 radical (unpaired) electrons. The fourth-order valence-electron chi connectivity index (χ4n) is 1.43. The van der Waals surface area contributed by atoms with Crippen LogP contribution in [0, 0.1) is 0 Å². The SMILES string of the molecule is COc1ccc(C(O)C(O)CCBr)c(N)c1. The molecule has 2 unspecified atom stereocenters. The number of anilines is 1. The largest absolute Gasteiger partial charge is 0.497 e. The van der Waals surface area contributed by atoms with E-state index < -0.39 is 12.2 Å². The molecule has 0 spiro atoms. The summed E-state index contributed by atoms with van der Waals surface area (Å²) in [5, 5.41) is 20.2. The minimum Gasteiger partial charge on any atom is -0.497 e.